The molecule has 0 aliphatic carbocycles. The lowest BCUT2D eigenvalue weighted by Crippen LogP contribution is -2.40. The van der Waals surface area contributed by atoms with Gasteiger partial charge < -0.3 is 13.6 Å². The first-order valence-electron chi connectivity index (χ1n) is 14.0. The van der Waals surface area contributed by atoms with E-state index in [0.29, 0.717) is 13.2 Å². The molecular formula is C27H60O3Si2. The molecule has 3 nitrogen and oxygen atoms in total. The summed E-state index contributed by atoms with van der Waals surface area (Å²) in [4.78, 5) is 0. The van der Waals surface area contributed by atoms with E-state index in [-0.39, 0.29) is 6.10 Å². The molecule has 0 aromatic heterocycles. The molecule has 32 heavy (non-hydrogen) atoms. The molecule has 0 aliphatic heterocycles. The number of ether oxygens (including phenoxy) is 1. The summed E-state index contributed by atoms with van der Waals surface area (Å²) in [6, 6.07) is 0. The van der Waals surface area contributed by atoms with Gasteiger partial charge in [0.05, 0.1) is 19.3 Å². The lowest BCUT2D eigenvalue weighted by atomic mass is 10.0. The smallest absolute Gasteiger partial charge is 0.184 e. The van der Waals surface area contributed by atoms with Gasteiger partial charge in [0.25, 0.3) is 0 Å². The molecular weight excluding hydrogens is 428 g/mol. The van der Waals surface area contributed by atoms with Gasteiger partial charge in [0.2, 0.25) is 0 Å². The molecule has 0 spiro atoms. The first-order chi connectivity index (χ1) is 15.1. The first-order valence-corrected chi connectivity index (χ1v) is 20.9. The van der Waals surface area contributed by atoms with E-state index >= 15 is 0 Å². The lowest BCUT2D eigenvalue weighted by Gasteiger charge is -2.29. The minimum Gasteiger partial charge on any atom is -0.415 e. The Morgan fingerprint density at radius 3 is 1.28 bits per heavy atom. The third-order valence-electron chi connectivity index (χ3n) is 5.67. The molecule has 1 atom stereocenters. The molecule has 0 rings (SSSR count). The second kappa shape index (κ2) is 20.7. The van der Waals surface area contributed by atoms with Gasteiger partial charge in [-0.3, -0.25) is 0 Å². The number of rotatable bonds is 24. The summed E-state index contributed by atoms with van der Waals surface area (Å²) in [5, 5.41) is 0. The molecule has 5 heteroatoms. The monoisotopic (exact) mass is 488 g/mol. The van der Waals surface area contributed by atoms with Crippen molar-refractivity contribution in [1.29, 1.82) is 0 Å². The molecule has 0 aliphatic rings. The van der Waals surface area contributed by atoms with Crippen LogP contribution in [0.4, 0.5) is 0 Å². The van der Waals surface area contributed by atoms with Gasteiger partial charge in [-0.05, 0) is 45.7 Å². The van der Waals surface area contributed by atoms with Crippen LogP contribution in [-0.2, 0) is 13.6 Å². The fraction of sp³-hybridized carbons (Fsp3) is 1.00. The van der Waals surface area contributed by atoms with E-state index in [9.17, 15) is 0 Å². The first kappa shape index (κ1) is 32.3. The van der Waals surface area contributed by atoms with E-state index in [0.717, 1.165) is 6.61 Å². The third-order valence-corrected chi connectivity index (χ3v) is 7.74. The van der Waals surface area contributed by atoms with E-state index in [2.05, 4.69) is 46.2 Å². The summed E-state index contributed by atoms with van der Waals surface area (Å²) in [7, 11) is -3.08. The van der Waals surface area contributed by atoms with Crippen molar-refractivity contribution in [3.05, 3.63) is 0 Å². The zero-order valence-electron chi connectivity index (χ0n) is 23.2. The molecule has 0 heterocycles. The Morgan fingerprint density at radius 2 is 0.906 bits per heavy atom. The van der Waals surface area contributed by atoms with Gasteiger partial charge in [0.15, 0.2) is 16.6 Å². The van der Waals surface area contributed by atoms with Crippen molar-refractivity contribution in [3.8, 4) is 0 Å². The number of unbranched alkanes of at least 4 members (excludes halogenated alkanes) is 15. The standard InChI is InChI=1S/C27H60O3Si2/c1-8-9-10-11-12-13-14-15-16-17-18-19-20-21-22-23-24-28-25-27(30-32(5,6)7)26-29-31(2,3)4/h27H,8-26H2,1-7H3/t27-/m1/s1. The highest BCUT2D eigenvalue weighted by Gasteiger charge is 2.24. The average molecular weight is 489 g/mol. The molecule has 0 unspecified atom stereocenters. The molecule has 0 aromatic carbocycles. The predicted octanol–water partition coefficient (Wildman–Crippen LogP) is 9.34. The molecule has 0 saturated heterocycles. The van der Waals surface area contributed by atoms with Crippen molar-refractivity contribution < 1.29 is 13.6 Å². The van der Waals surface area contributed by atoms with Gasteiger partial charge in [-0.1, -0.05) is 103 Å². The van der Waals surface area contributed by atoms with Crippen LogP contribution in [0.2, 0.25) is 39.3 Å². The molecule has 0 amide bonds. The topological polar surface area (TPSA) is 27.7 Å². The zero-order valence-corrected chi connectivity index (χ0v) is 25.2. The van der Waals surface area contributed by atoms with Gasteiger partial charge in [-0.2, -0.15) is 0 Å². The second-order valence-electron chi connectivity index (χ2n) is 11.7. The van der Waals surface area contributed by atoms with Crippen LogP contribution in [0.15, 0.2) is 0 Å². The van der Waals surface area contributed by atoms with Crippen molar-refractivity contribution in [1.82, 2.24) is 0 Å². The van der Waals surface area contributed by atoms with E-state index in [1.54, 1.807) is 0 Å². The minimum atomic E-state index is -1.57. The van der Waals surface area contributed by atoms with Crippen LogP contribution >= 0.6 is 0 Å². The van der Waals surface area contributed by atoms with Crippen LogP contribution in [0.3, 0.4) is 0 Å². The Kier molecular flexibility index (Phi) is 20.9. The predicted molar refractivity (Wildman–Crippen MR) is 148 cm³/mol. The molecule has 0 bridgehead atoms. The van der Waals surface area contributed by atoms with Gasteiger partial charge in [0, 0.05) is 6.61 Å². The Hall–Kier alpha value is 0.314. The maximum absolute atomic E-state index is 6.28. The second-order valence-corrected chi connectivity index (χ2v) is 20.6. The van der Waals surface area contributed by atoms with Crippen LogP contribution in [0.1, 0.15) is 110 Å². The van der Waals surface area contributed by atoms with Crippen LogP contribution in [-0.4, -0.2) is 42.6 Å². The van der Waals surface area contributed by atoms with Crippen molar-refractivity contribution in [3.63, 3.8) is 0 Å². The van der Waals surface area contributed by atoms with Crippen LogP contribution in [0.5, 0.6) is 0 Å². The van der Waals surface area contributed by atoms with Gasteiger partial charge in [-0.15, -0.1) is 0 Å². The van der Waals surface area contributed by atoms with Crippen LogP contribution in [0.25, 0.3) is 0 Å². The Labute approximate surface area is 205 Å². The van der Waals surface area contributed by atoms with E-state index in [4.69, 9.17) is 13.6 Å². The highest BCUT2D eigenvalue weighted by Crippen LogP contribution is 2.14. The normalized spacial score (nSPS) is 13.6. The van der Waals surface area contributed by atoms with E-state index in [1.165, 1.54) is 103 Å². The fourth-order valence-corrected chi connectivity index (χ4v) is 5.75. The maximum atomic E-state index is 6.28. The molecule has 0 N–H and O–H groups in total. The number of hydrogen-bond donors (Lipinski definition) is 0. The molecule has 0 aromatic rings. The van der Waals surface area contributed by atoms with Crippen molar-refractivity contribution in [2.24, 2.45) is 0 Å². The van der Waals surface area contributed by atoms with Crippen molar-refractivity contribution in [2.75, 3.05) is 19.8 Å². The lowest BCUT2D eigenvalue weighted by molar-refractivity contribution is 0.0190. The Bertz CT molecular complexity index is 391. The van der Waals surface area contributed by atoms with Crippen molar-refractivity contribution >= 4 is 16.6 Å². The Balaban J connectivity index is 3.48. The quantitative estimate of drug-likeness (QED) is 0.1000. The average Bonchev–Trinajstić information content (AvgIpc) is 2.69. The van der Waals surface area contributed by atoms with Gasteiger partial charge in [-0.25, -0.2) is 0 Å². The summed E-state index contributed by atoms with van der Waals surface area (Å²) >= 11 is 0. The summed E-state index contributed by atoms with van der Waals surface area (Å²) in [6.07, 6.45) is 22.6. The largest absolute Gasteiger partial charge is 0.415 e. The SMILES string of the molecule is CCCCCCCCCCCCCCCCCCOC[C@H](CO[Si](C)(C)C)O[Si](C)(C)C. The fourth-order valence-electron chi connectivity index (χ4n) is 3.93. The Morgan fingerprint density at radius 1 is 0.500 bits per heavy atom. The summed E-state index contributed by atoms with van der Waals surface area (Å²) in [6.45, 7) is 17.9. The zero-order chi connectivity index (χ0) is 24.1. The molecule has 0 radical (unpaired) electrons. The molecule has 0 saturated carbocycles. The van der Waals surface area contributed by atoms with E-state index < -0.39 is 16.6 Å². The van der Waals surface area contributed by atoms with Crippen molar-refractivity contribution in [2.45, 2.75) is 155 Å². The summed E-state index contributed by atoms with van der Waals surface area (Å²) in [5.41, 5.74) is 0. The molecule has 194 valence electrons. The minimum absolute atomic E-state index is 0.0921. The maximum Gasteiger partial charge on any atom is 0.184 e. The molecule has 0 fully saturated rings. The summed E-state index contributed by atoms with van der Waals surface area (Å²) in [5.74, 6) is 0. The van der Waals surface area contributed by atoms with E-state index in [1.807, 2.05) is 0 Å². The summed E-state index contributed by atoms with van der Waals surface area (Å²) < 4.78 is 18.3. The van der Waals surface area contributed by atoms with Gasteiger partial charge >= 0.3 is 0 Å². The van der Waals surface area contributed by atoms with Gasteiger partial charge in [0.1, 0.15) is 0 Å². The van der Waals surface area contributed by atoms with Crippen LogP contribution < -0.4 is 0 Å². The highest BCUT2D eigenvalue weighted by molar-refractivity contribution is 6.70. The third kappa shape index (κ3) is 26.6. The highest BCUT2D eigenvalue weighted by atomic mass is 28.4. The number of hydrogen-bond acceptors (Lipinski definition) is 3. The van der Waals surface area contributed by atoms with Crippen LogP contribution in [0, 0.1) is 0 Å².